The van der Waals surface area contributed by atoms with E-state index in [9.17, 15) is 10.1 Å². The van der Waals surface area contributed by atoms with Gasteiger partial charge in [0.2, 0.25) is 0 Å². The molecule has 110 valence electrons. The van der Waals surface area contributed by atoms with E-state index < -0.39 is 0 Å². The number of nitrogens with one attached hydrogen (secondary N) is 1. The van der Waals surface area contributed by atoms with Crippen LogP contribution in [0.2, 0.25) is 0 Å². The minimum atomic E-state index is -0.350. The summed E-state index contributed by atoms with van der Waals surface area (Å²) >= 11 is 3.21. The van der Waals surface area contributed by atoms with Crippen LogP contribution in [-0.2, 0) is 6.54 Å². The summed E-state index contributed by atoms with van der Waals surface area (Å²) in [7, 11) is 0. The lowest BCUT2D eigenvalue weighted by Gasteiger charge is -2.28. The van der Waals surface area contributed by atoms with Crippen LogP contribution in [0.1, 0.15) is 38.2 Å². The molecule has 0 heterocycles. The number of nitrogens with zero attached hydrogens (tertiary/aromatic N) is 1. The van der Waals surface area contributed by atoms with E-state index >= 15 is 0 Å². The lowest BCUT2D eigenvalue weighted by Crippen LogP contribution is -2.29. The SMILES string of the molecule is CC1CCCCC1CNCc1ccc(Br)c([N+](=O)[O-])c1. The maximum atomic E-state index is 10.9. The van der Waals surface area contributed by atoms with Gasteiger partial charge in [-0.25, -0.2) is 0 Å². The highest BCUT2D eigenvalue weighted by Crippen LogP contribution is 2.29. The van der Waals surface area contributed by atoms with Crippen LogP contribution >= 0.6 is 15.9 Å². The maximum Gasteiger partial charge on any atom is 0.283 e. The predicted octanol–water partition coefficient (Wildman–Crippen LogP) is 4.27. The molecule has 4 nitrogen and oxygen atoms in total. The van der Waals surface area contributed by atoms with Gasteiger partial charge in [-0.2, -0.15) is 0 Å². The molecule has 1 aromatic carbocycles. The molecule has 2 rings (SSSR count). The van der Waals surface area contributed by atoms with E-state index in [-0.39, 0.29) is 10.6 Å². The molecule has 1 saturated carbocycles. The largest absolute Gasteiger partial charge is 0.312 e. The van der Waals surface area contributed by atoms with Crippen LogP contribution in [-0.4, -0.2) is 11.5 Å². The summed E-state index contributed by atoms with van der Waals surface area (Å²) in [6, 6.07) is 5.31. The van der Waals surface area contributed by atoms with Gasteiger partial charge in [-0.1, -0.05) is 32.3 Å². The Morgan fingerprint density at radius 1 is 1.40 bits per heavy atom. The number of nitro benzene ring substituents is 1. The smallest absolute Gasteiger partial charge is 0.283 e. The molecule has 1 aliphatic rings. The van der Waals surface area contributed by atoms with Crippen LogP contribution in [0, 0.1) is 22.0 Å². The number of benzene rings is 1. The fourth-order valence-electron chi connectivity index (χ4n) is 2.91. The first-order valence-corrected chi connectivity index (χ1v) is 8.00. The van der Waals surface area contributed by atoms with Gasteiger partial charge in [0.25, 0.3) is 5.69 Å². The third kappa shape index (κ3) is 4.03. The molecule has 1 aromatic rings. The van der Waals surface area contributed by atoms with Crippen molar-refractivity contribution in [1.82, 2.24) is 5.32 Å². The van der Waals surface area contributed by atoms with Crippen molar-refractivity contribution in [2.24, 2.45) is 11.8 Å². The molecule has 0 saturated heterocycles. The second-order valence-corrected chi connectivity index (χ2v) is 6.55. The molecule has 0 radical (unpaired) electrons. The summed E-state index contributed by atoms with van der Waals surface area (Å²) in [5, 5.41) is 14.3. The van der Waals surface area contributed by atoms with Crippen molar-refractivity contribution in [3.05, 3.63) is 38.3 Å². The van der Waals surface area contributed by atoms with Gasteiger partial charge in [0.15, 0.2) is 0 Å². The lowest BCUT2D eigenvalue weighted by molar-refractivity contribution is -0.385. The number of rotatable bonds is 5. The van der Waals surface area contributed by atoms with E-state index in [0.29, 0.717) is 11.0 Å². The third-order valence-corrected chi connectivity index (χ3v) is 4.90. The Morgan fingerprint density at radius 3 is 2.85 bits per heavy atom. The van der Waals surface area contributed by atoms with E-state index in [2.05, 4.69) is 28.2 Å². The van der Waals surface area contributed by atoms with Crippen molar-refractivity contribution in [2.45, 2.75) is 39.2 Å². The van der Waals surface area contributed by atoms with Crippen LogP contribution < -0.4 is 5.32 Å². The third-order valence-electron chi connectivity index (χ3n) is 4.23. The summed E-state index contributed by atoms with van der Waals surface area (Å²) in [5.41, 5.74) is 1.10. The van der Waals surface area contributed by atoms with Gasteiger partial charge < -0.3 is 5.32 Å². The maximum absolute atomic E-state index is 10.9. The first-order valence-electron chi connectivity index (χ1n) is 7.21. The average molecular weight is 341 g/mol. The van der Waals surface area contributed by atoms with Crippen LogP contribution in [0.5, 0.6) is 0 Å². The van der Waals surface area contributed by atoms with E-state index in [1.165, 1.54) is 25.7 Å². The minimum absolute atomic E-state index is 0.135. The highest BCUT2D eigenvalue weighted by atomic mass is 79.9. The Labute approximate surface area is 128 Å². The normalized spacial score (nSPS) is 22.7. The van der Waals surface area contributed by atoms with Crippen LogP contribution in [0.15, 0.2) is 22.7 Å². The second kappa shape index (κ2) is 7.18. The molecule has 2 atom stereocenters. The van der Waals surface area contributed by atoms with Gasteiger partial charge >= 0.3 is 0 Å². The van der Waals surface area contributed by atoms with Crippen molar-refractivity contribution >= 4 is 21.6 Å². The molecule has 0 amide bonds. The standard InChI is InChI=1S/C15H21BrN2O2/c1-11-4-2-3-5-13(11)10-17-9-12-6-7-14(16)15(8-12)18(19)20/h6-8,11,13,17H,2-5,9-10H2,1H3. The van der Waals surface area contributed by atoms with Gasteiger partial charge in [0.05, 0.1) is 9.40 Å². The number of hydrogen-bond acceptors (Lipinski definition) is 3. The fraction of sp³-hybridized carbons (Fsp3) is 0.600. The molecule has 0 aliphatic heterocycles. The monoisotopic (exact) mass is 340 g/mol. The molecular weight excluding hydrogens is 320 g/mol. The highest BCUT2D eigenvalue weighted by Gasteiger charge is 2.20. The lowest BCUT2D eigenvalue weighted by atomic mass is 9.80. The van der Waals surface area contributed by atoms with Crippen LogP contribution in [0.3, 0.4) is 0 Å². The van der Waals surface area contributed by atoms with Crippen LogP contribution in [0.4, 0.5) is 5.69 Å². The second-order valence-electron chi connectivity index (χ2n) is 5.70. The van der Waals surface area contributed by atoms with Gasteiger partial charge in [-0.3, -0.25) is 10.1 Å². The molecule has 0 spiro atoms. The molecule has 2 unspecified atom stereocenters. The molecule has 20 heavy (non-hydrogen) atoms. The molecular formula is C15H21BrN2O2. The van der Waals surface area contributed by atoms with Gasteiger partial charge in [0, 0.05) is 12.6 Å². The summed E-state index contributed by atoms with van der Waals surface area (Å²) < 4.78 is 0.534. The zero-order valence-electron chi connectivity index (χ0n) is 11.8. The molecule has 1 fully saturated rings. The summed E-state index contributed by atoms with van der Waals surface area (Å²) in [5.74, 6) is 1.53. The highest BCUT2D eigenvalue weighted by molar-refractivity contribution is 9.10. The molecule has 0 bridgehead atoms. The van der Waals surface area contributed by atoms with Crippen molar-refractivity contribution in [3.63, 3.8) is 0 Å². The summed E-state index contributed by atoms with van der Waals surface area (Å²) in [6.07, 6.45) is 5.32. The van der Waals surface area contributed by atoms with Crippen molar-refractivity contribution < 1.29 is 4.92 Å². The van der Waals surface area contributed by atoms with Crippen LogP contribution in [0.25, 0.3) is 0 Å². The number of nitro groups is 1. The van der Waals surface area contributed by atoms with E-state index in [4.69, 9.17) is 0 Å². The molecule has 1 aliphatic carbocycles. The number of hydrogen-bond donors (Lipinski definition) is 1. The van der Waals surface area contributed by atoms with Gasteiger partial charge in [-0.05, 0) is 52.4 Å². The summed E-state index contributed by atoms with van der Waals surface area (Å²) in [4.78, 5) is 10.5. The first-order chi connectivity index (χ1) is 9.58. The van der Waals surface area contributed by atoms with E-state index in [1.807, 2.05) is 6.07 Å². The van der Waals surface area contributed by atoms with E-state index in [0.717, 1.165) is 23.9 Å². The van der Waals surface area contributed by atoms with Gasteiger partial charge in [-0.15, -0.1) is 0 Å². The average Bonchev–Trinajstić information content (AvgIpc) is 2.42. The van der Waals surface area contributed by atoms with Crippen molar-refractivity contribution in [2.75, 3.05) is 6.54 Å². The Kier molecular flexibility index (Phi) is 5.54. The quantitative estimate of drug-likeness (QED) is 0.643. The Bertz CT molecular complexity index is 479. The predicted molar refractivity (Wildman–Crippen MR) is 83.6 cm³/mol. The van der Waals surface area contributed by atoms with Crippen molar-refractivity contribution in [3.8, 4) is 0 Å². The molecule has 0 aromatic heterocycles. The Morgan fingerprint density at radius 2 is 2.15 bits per heavy atom. The zero-order chi connectivity index (χ0) is 14.5. The Balaban J connectivity index is 1.87. The molecule has 5 heteroatoms. The topological polar surface area (TPSA) is 55.2 Å². The fourth-order valence-corrected chi connectivity index (χ4v) is 3.30. The zero-order valence-corrected chi connectivity index (χ0v) is 13.4. The Hall–Kier alpha value is -0.940. The van der Waals surface area contributed by atoms with Crippen molar-refractivity contribution in [1.29, 1.82) is 0 Å². The van der Waals surface area contributed by atoms with E-state index in [1.54, 1.807) is 12.1 Å². The minimum Gasteiger partial charge on any atom is -0.312 e. The first kappa shape index (κ1) is 15.4. The summed E-state index contributed by atoms with van der Waals surface area (Å²) in [6.45, 7) is 4.03. The molecule has 1 N–H and O–H groups in total. The van der Waals surface area contributed by atoms with Gasteiger partial charge in [0.1, 0.15) is 0 Å². The number of halogens is 1.